The van der Waals surface area contributed by atoms with Gasteiger partial charge in [0.15, 0.2) is 11.5 Å². The second-order valence-electron chi connectivity index (χ2n) is 10.4. The first-order valence-electron chi connectivity index (χ1n) is 13.5. The van der Waals surface area contributed by atoms with Gasteiger partial charge in [0.25, 0.3) is 11.8 Å². The van der Waals surface area contributed by atoms with Crippen LogP contribution in [0.25, 0.3) is 0 Å². The fourth-order valence-electron chi connectivity index (χ4n) is 5.72. The summed E-state index contributed by atoms with van der Waals surface area (Å²) in [5.74, 6) is 0.934. The van der Waals surface area contributed by atoms with Crippen LogP contribution in [-0.2, 0) is 17.9 Å². The van der Waals surface area contributed by atoms with Gasteiger partial charge in [0, 0.05) is 24.6 Å². The second-order valence-corrected chi connectivity index (χ2v) is 10.4. The number of hydrogen-bond acceptors (Lipinski definition) is 8. The molecule has 2 N–H and O–H groups in total. The summed E-state index contributed by atoms with van der Waals surface area (Å²) in [5.41, 5.74) is 2.62. The number of carbonyl (C=O) groups is 2. The molecule has 1 saturated heterocycles. The van der Waals surface area contributed by atoms with E-state index in [1.165, 1.54) is 6.42 Å². The van der Waals surface area contributed by atoms with E-state index in [0.29, 0.717) is 60.5 Å². The SMILES string of the molecule is COc1ccc2cc1OCCn1cc(nn1)CO[C@H]1CN(C(=O)c3cn[nH]c3C3CCCCC3)C[C@@H]1NC2=O. The average Bonchev–Trinajstić information content (AvgIpc) is 3.72. The number of benzene rings is 1. The number of fused-ring (bicyclic) bond motifs is 5. The Labute approximate surface area is 226 Å². The summed E-state index contributed by atoms with van der Waals surface area (Å²) in [6, 6.07) is 4.65. The van der Waals surface area contributed by atoms with Gasteiger partial charge in [-0.05, 0) is 31.0 Å². The zero-order valence-corrected chi connectivity index (χ0v) is 22.0. The van der Waals surface area contributed by atoms with Crippen molar-refractivity contribution >= 4 is 11.8 Å². The van der Waals surface area contributed by atoms with Crippen LogP contribution in [0.4, 0.5) is 0 Å². The van der Waals surface area contributed by atoms with Crippen molar-refractivity contribution in [2.75, 3.05) is 26.8 Å². The Morgan fingerprint density at radius 2 is 2.05 bits per heavy atom. The number of ether oxygens (including phenoxy) is 3. The summed E-state index contributed by atoms with van der Waals surface area (Å²) in [5, 5.41) is 18.8. The molecule has 1 aromatic carbocycles. The quantitative estimate of drug-likeness (QED) is 0.521. The minimum Gasteiger partial charge on any atom is -0.493 e. The van der Waals surface area contributed by atoms with E-state index in [-0.39, 0.29) is 18.4 Å². The molecule has 12 heteroatoms. The van der Waals surface area contributed by atoms with Crippen LogP contribution in [0.3, 0.4) is 0 Å². The van der Waals surface area contributed by atoms with Gasteiger partial charge in [0.1, 0.15) is 12.3 Å². The molecule has 6 rings (SSSR count). The van der Waals surface area contributed by atoms with E-state index >= 15 is 0 Å². The highest BCUT2D eigenvalue weighted by Crippen LogP contribution is 2.34. The number of aromatic nitrogens is 5. The highest BCUT2D eigenvalue weighted by Gasteiger charge is 2.39. The van der Waals surface area contributed by atoms with Gasteiger partial charge >= 0.3 is 0 Å². The zero-order chi connectivity index (χ0) is 26.8. The number of amides is 2. The van der Waals surface area contributed by atoms with Crippen LogP contribution in [0.5, 0.6) is 11.5 Å². The number of nitrogens with zero attached hydrogens (tertiary/aromatic N) is 5. The van der Waals surface area contributed by atoms with E-state index in [1.807, 2.05) is 6.20 Å². The molecule has 0 radical (unpaired) electrons. The minimum absolute atomic E-state index is 0.102. The maximum Gasteiger partial charge on any atom is 0.257 e. The van der Waals surface area contributed by atoms with Crippen molar-refractivity contribution < 1.29 is 23.8 Å². The van der Waals surface area contributed by atoms with Crippen molar-refractivity contribution in [1.82, 2.24) is 35.4 Å². The van der Waals surface area contributed by atoms with Gasteiger partial charge in [0.05, 0.1) is 56.1 Å². The molecule has 206 valence electrons. The number of rotatable bonds is 3. The summed E-state index contributed by atoms with van der Waals surface area (Å²) in [6.45, 7) is 1.65. The lowest BCUT2D eigenvalue weighted by Crippen LogP contribution is -2.44. The van der Waals surface area contributed by atoms with Gasteiger partial charge in [-0.25, -0.2) is 4.68 Å². The Morgan fingerprint density at radius 3 is 2.90 bits per heavy atom. The predicted molar refractivity (Wildman–Crippen MR) is 139 cm³/mol. The van der Waals surface area contributed by atoms with Gasteiger partial charge in [0.2, 0.25) is 0 Å². The van der Waals surface area contributed by atoms with E-state index < -0.39 is 12.1 Å². The first kappa shape index (κ1) is 25.4. The summed E-state index contributed by atoms with van der Waals surface area (Å²) >= 11 is 0. The lowest BCUT2D eigenvalue weighted by Gasteiger charge is -2.23. The normalized spacial score (nSPS) is 22.3. The van der Waals surface area contributed by atoms with Gasteiger partial charge in [-0.2, -0.15) is 5.10 Å². The van der Waals surface area contributed by atoms with Crippen molar-refractivity contribution in [3.63, 3.8) is 0 Å². The Balaban J connectivity index is 1.25. The van der Waals surface area contributed by atoms with Crippen LogP contribution >= 0.6 is 0 Å². The van der Waals surface area contributed by atoms with Crippen LogP contribution in [0, 0.1) is 0 Å². The lowest BCUT2D eigenvalue weighted by atomic mass is 9.85. The van der Waals surface area contributed by atoms with E-state index in [4.69, 9.17) is 14.2 Å². The fraction of sp³-hybridized carbons (Fsp3) is 0.519. The third kappa shape index (κ3) is 5.33. The van der Waals surface area contributed by atoms with E-state index in [1.54, 1.807) is 41.1 Å². The largest absolute Gasteiger partial charge is 0.493 e. The van der Waals surface area contributed by atoms with Gasteiger partial charge in [-0.15, -0.1) is 5.10 Å². The molecule has 2 atom stereocenters. The van der Waals surface area contributed by atoms with Crippen LogP contribution in [0.2, 0.25) is 0 Å². The van der Waals surface area contributed by atoms with Crippen LogP contribution in [0.1, 0.15) is 70.1 Å². The van der Waals surface area contributed by atoms with Crippen LogP contribution in [0.15, 0.2) is 30.6 Å². The number of nitrogens with one attached hydrogen (secondary N) is 2. The topological polar surface area (TPSA) is 136 Å². The molecule has 2 fully saturated rings. The molecule has 39 heavy (non-hydrogen) atoms. The zero-order valence-electron chi connectivity index (χ0n) is 22.0. The smallest absolute Gasteiger partial charge is 0.257 e. The molecule has 4 heterocycles. The number of hydrogen-bond donors (Lipinski definition) is 2. The van der Waals surface area contributed by atoms with Gasteiger partial charge in [-0.3, -0.25) is 14.7 Å². The monoisotopic (exact) mass is 535 g/mol. The number of H-pyrrole nitrogens is 1. The predicted octanol–water partition coefficient (Wildman–Crippen LogP) is 2.29. The van der Waals surface area contributed by atoms with Gasteiger partial charge in [-0.1, -0.05) is 24.5 Å². The van der Waals surface area contributed by atoms with E-state index in [0.717, 1.165) is 31.4 Å². The fourth-order valence-corrected chi connectivity index (χ4v) is 5.72. The molecular formula is C27H33N7O5. The molecule has 0 unspecified atom stereocenters. The first-order valence-corrected chi connectivity index (χ1v) is 13.5. The molecule has 3 aromatic rings. The van der Waals surface area contributed by atoms with Crippen molar-refractivity contribution in [2.24, 2.45) is 0 Å². The van der Waals surface area contributed by atoms with E-state index in [9.17, 15) is 9.59 Å². The van der Waals surface area contributed by atoms with E-state index in [2.05, 4.69) is 25.8 Å². The van der Waals surface area contributed by atoms with Crippen molar-refractivity contribution in [3.05, 3.63) is 53.1 Å². The summed E-state index contributed by atoms with van der Waals surface area (Å²) in [4.78, 5) is 28.8. The molecule has 2 aliphatic heterocycles. The third-order valence-corrected chi connectivity index (χ3v) is 7.82. The summed E-state index contributed by atoms with van der Waals surface area (Å²) in [6.07, 6.45) is 8.68. The third-order valence-electron chi connectivity index (χ3n) is 7.82. The molecule has 4 bridgehead atoms. The Bertz CT molecular complexity index is 1330. The molecular weight excluding hydrogens is 502 g/mol. The van der Waals surface area contributed by atoms with Crippen LogP contribution < -0.4 is 14.8 Å². The second kappa shape index (κ2) is 11.0. The first-order chi connectivity index (χ1) is 19.1. The maximum atomic E-state index is 13.7. The highest BCUT2D eigenvalue weighted by molar-refractivity contribution is 5.96. The number of carbonyl (C=O) groups excluding carboxylic acids is 2. The summed E-state index contributed by atoms with van der Waals surface area (Å²) < 4.78 is 19.2. The van der Waals surface area contributed by atoms with Gasteiger partial charge < -0.3 is 24.4 Å². The van der Waals surface area contributed by atoms with Crippen molar-refractivity contribution in [1.29, 1.82) is 0 Å². The molecule has 2 amide bonds. The standard InChI is InChI=1S/C27H33N7O5/c1-37-22-8-7-18-11-23(22)38-10-9-34-13-19(30-32-34)16-39-24-15-33(14-21(24)29-26(18)35)27(36)20-12-28-31-25(20)17-5-3-2-4-6-17/h7-8,11-13,17,21,24H,2-6,9-10,14-16H2,1H3,(H,28,31)(H,29,35)/t21-,24-/m0/s1. The van der Waals surface area contributed by atoms with Crippen LogP contribution in [-0.4, -0.2) is 80.9 Å². The number of aromatic amines is 1. The molecule has 0 spiro atoms. The van der Waals surface area contributed by atoms with Crippen molar-refractivity contribution in [3.8, 4) is 11.5 Å². The molecule has 3 aliphatic rings. The molecule has 1 saturated carbocycles. The Kier molecular flexibility index (Phi) is 7.18. The van der Waals surface area contributed by atoms with Crippen molar-refractivity contribution in [2.45, 2.75) is 63.3 Å². The molecule has 2 aromatic heterocycles. The lowest BCUT2D eigenvalue weighted by molar-refractivity contribution is 0.0291. The summed E-state index contributed by atoms with van der Waals surface area (Å²) in [7, 11) is 1.56. The number of methoxy groups -OCH3 is 1. The Hall–Kier alpha value is -3.93. The molecule has 12 nitrogen and oxygen atoms in total. The maximum absolute atomic E-state index is 13.7. The molecule has 1 aliphatic carbocycles. The minimum atomic E-state index is -0.424. The Morgan fingerprint density at radius 1 is 1.18 bits per heavy atom. The average molecular weight is 536 g/mol. The highest BCUT2D eigenvalue weighted by atomic mass is 16.5. The number of likely N-dealkylation sites (tertiary alicyclic amines) is 1.